The molecule has 7 heteroatoms. The third-order valence-electron chi connectivity index (χ3n) is 3.94. The van der Waals surface area contributed by atoms with Crippen LogP contribution in [0.3, 0.4) is 0 Å². The van der Waals surface area contributed by atoms with Gasteiger partial charge in [-0.05, 0) is 43.2 Å². The van der Waals surface area contributed by atoms with E-state index in [2.05, 4.69) is 20.6 Å². The molecule has 0 aliphatic rings. The molecule has 0 unspecified atom stereocenters. The highest BCUT2D eigenvalue weighted by Crippen LogP contribution is 2.20. The smallest absolute Gasteiger partial charge is 0.258 e. The highest BCUT2D eigenvalue weighted by Gasteiger charge is 2.11. The lowest BCUT2D eigenvalue weighted by molar-refractivity contribution is 0.102. The van der Waals surface area contributed by atoms with Crippen LogP contribution >= 0.6 is 0 Å². The summed E-state index contributed by atoms with van der Waals surface area (Å²) in [7, 11) is 0. The second-order valence-electron chi connectivity index (χ2n) is 5.75. The van der Waals surface area contributed by atoms with Crippen LogP contribution < -0.4 is 10.6 Å². The highest BCUT2D eigenvalue weighted by atomic mass is 19.1. The SMILES string of the molecule is Cc1cccc(NC(=O)c2cnc(Nc3ccc(F)cc3F)nc2)c1C. The topological polar surface area (TPSA) is 66.9 Å². The van der Waals surface area contributed by atoms with Crippen LogP contribution in [0.25, 0.3) is 0 Å². The maximum absolute atomic E-state index is 13.6. The predicted octanol–water partition coefficient (Wildman–Crippen LogP) is 4.37. The molecule has 5 nitrogen and oxygen atoms in total. The van der Waals surface area contributed by atoms with Crippen molar-refractivity contribution >= 4 is 23.2 Å². The molecule has 1 heterocycles. The summed E-state index contributed by atoms with van der Waals surface area (Å²) in [6, 6.07) is 8.76. The molecule has 0 saturated carbocycles. The van der Waals surface area contributed by atoms with E-state index < -0.39 is 11.6 Å². The Morgan fingerprint density at radius 1 is 1.00 bits per heavy atom. The van der Waals surface area contributed by atoms with Crippen molar-refractivity contribution in [1.82, 2.24) is 9.97 Å². The lowest BCUT2D eigenvalue weighted by Gasteiger charge is -2.10. The van der Waals surface area contributed by atoms with E-state index in [-0.39, 0.29) is 23.1 Å². The van der Waals surface area contributed by atoms with Gasteiger partial charge in [-0.15, -0.1) is 0 Å². The predicted molar refractivity (Wildman–Crippen MR) is 95.5 cm³/mol. The minimum atomic E-state index is -0.759. The lowest BCUT2D eigenvalue weighted by Crippen LogP contribution is -2.14. The van der Waals surface area contributed by atoms with Crippen LogP contribution in [0.4, 0.5) is 26.1 Å². The van der Waals surface area contributed by atoms with E-state index in [1.807, 2.05) is 32.0 Å². The van der Waals surface area contributed by atoms with Crippen molar-refractivity contribution in [3.8, 4) is 0 Å². The minimum Gasteiger partial charge on any atom is -0.322 e. The number of carbonyl (C=O) groups is 1. The summed E-state index contributed by atoms with van der Waals surface area (Å²) in [4.78, 5) is 20.3. The van der Waals surface area contributed by atoms with Gasteiger partial charge in [0.2, 0.25) is 5.95 Å². The molecular formula is C19H16F2N4O. The molecule has 1 aromatic heterocycles. The molecule has 3 aromatic rings. The van der Waals surface area contributed by atoms with Crippen LogP contribution in [0, 0.1) is 25.5 Å². The highest BCUT2D eigenvalue weighted by molar-refractivity contribution is 6.04. The van der Waals surface area contributed by atoms with Crippen LogP contribution in [0.15, 0.2) is 48.8 Å². The first-order chi connectivity index (χ1) is 12.4. The van der Waals surface area contributed by atoms with Crippen LogP contribution in [0.1, 0.15) is 21.5 Å². The van der Waals surface area contributed by atoms with E-state index in [4.69, 9.17) is 0 Å². The zero-order chi connectivity index (χ0) is 18.7. The lowest BCUT2D eigenvalue weighted by atomic mass is 10.1. The average molecular weight is 354 g/mol. The number of hydrogen-bond donors (Lipinski definition) is 2. The Labute approximate surface area is 149 Å². The first kappa shape index (κ1) is 17.5. The summed E-state index contributed by atoms with van der Waals surface area (Å²) < 4.78 is 26.6. The Morgan fingerprint density at radius 3 is 2.42 bits per heavy atom. The Hall–Kier alpha value is -3.35. The molecule has 0 aliphatic heterocycles. The average Bonchev–Trinajstić information content (AvgIpc) is 2.62. The number of anilines is 3. The number of halogens is 2. The first-order valence-corrected chi connectivity index (χ1v) is 7.86. The van der Waals surface area contributed by atoms with Crippen molar-refractivity contribution in [3.05, 3.63) is 77.1 Å². The van der Waals surface area contributed by atoms with Gasteiger partial charge in [0.15, 0.2) is 0 Å². The number of hydrogen-bond acceptors (Lipinski definition) is 4. The zero-order valence-electron chi connectivity index (χ0n) is 14.2. The molecule has 0 radical (unpaired) electrons. The van der Waals surface area contributed by atoms with E-state index in [0.29, 0.717) is 5.69 Å². The number of carbonyl (C=O) groups excluding carboxylic acids is 1. The van der Waals surface area contributed by atoms with Crippen molar-refractivity contribution < 1.29 is 13.6 Å². The number of benzene rings is 2. The summed E-state index contributed by atoms with van der Waals surface area (Å²) in [5.41, 5.74) is 3.06. The third-order valence-corrected chi connectivity index (χ3v) is 3.94. The molecule has 0 aliphatic carbocycles. The molecule has 0 bridgehead atoms. The Balaban J connectivity index is 1.72. The summed E-state index contributed by atoms with van der Waals surface area (Å²) in [5.74, 6) is -1.69. The standard InChI is InChI=1S/C19H16F2N4O/c1-11-4-3-5-16(12(11)2)24-18(26)13-9-22-19(23-10-13)25-17-7-6-14(20)8-15(17)21/h3-10H,1-2H3,(H,24,26)(H,22,23,25). The number of nitrogens with one attached hydrogen (secondary N) is 2. The molecule has 26 heavy (non-hydrogen) atoms. The number of rotatable bonds is 4. The van der Waals surface area contributed by atoms with Gasteiger partial charge in [0.1, 0.15) is 11.6 Å². The van der Waals surface area contributed by atoms with Crippen molar-refractivity contribution in [3.63, 3.8) is 0 Å². The molecule has 132 valence electrons. The fraction of sp³-hybridized carbons (Fsp3) is 0.105. The van der Waals surface area contributed by atoms with E-state index >= 15 is 0 Å². The summed E-state index contributed by atoms with van der Waals surface area (Å²) in [5, 5.41) is 5.45. The van der Waals surface area contributed by atoms with Gasteiger partial charge in [-0.3, -0.25) is 4.79 Å². The van der Waals surface area contributed by atoms with Crippen molar-refractivity contribution in [2.45, 2.75) is 13.8 Å². The third kappa shape index (κ3) is 3.83. The summed E-state index contributed by atoms with van der Waals surface area (Å²) >= 11 is 0. The van der Waals surface area contributed by atoms with Crippen LogP contribution in [0.2, 0.25) is 0 Å². The van der Waals surface area contributed by atoms with Crippen LogP contribution in [-0.2, 0) is 0 Å². The molecule has 0 saturated heterocycles. The van der Waals surface area contributed by atoms with Gasteiger partial charge in [0, 0.05) is 24.1 Å². The van der Waals surface area contributed by atoms with Crippen molar-refractivity contribution in [2.24, 2.45) is 0 Å². The minimum absolute atomic E-state index is 0.0407. The second kappa shape index (κ2) is 7.26. The van der Waals surface area contributed by atoms with E-state index in [1.165, 1.54) is 18.5 Å². The monoisotopic (exact) mass is 354 g/mol. The first-order valence-electron chi connectivity index (χ1n) is 7.86. The fourth-order valence-corrected chi connectivity index (χ4v) is 2.30. The van der Waals surface area contributed by atoms with Gasteiger partial charge >= 0.3 is 0 Å². The normalized spacial score (nSPS) is 10.5. The number of nitrogens with zero attached hydrogens (tertiary/aromatic N) is 2. The molecule has 0 atom stereocenters. The van der Waals surface area contributed by atoms with Gasteiger partial charge < -0.3 is 10.6 Å². The van der Waals surface area contributed by atoms with Gasteiger partial charge in [-0.1, -0.05) is 12.1 Å². The van der Waals surface area contributed by atoms with E-state index in [0.717, 1.165) is 23.3 Å². The summed E-state index contributed by atoms with van der Waals surface area (Å²) in [6.07, 6.45) is 2.66. The maximum Gasteiger partial charge on any atom is 0.258 e. The number of aryl methyl sites for hydroxylation is 1. The summed E-state index contributed by atoms with van der Waals surface area (Å²) in [6.45, 7) is 3.88. The van der Waals surface area contributed by atoms with Gasteiger partial charge in [0.25, 0.3) is 5.91 Å². The fourth-order valence-electron chi connectivity index (χ4n) is 2.30. The van der Waals surface area contributed by atoms with E-state index in [9.17, 15) is 13.6 Å². The molecular weight excluding hydrogens is 338 g/mol. The van der Waals surface area contributed by atoms with Gasteiger partial charge in [0.05, 0.1) is 11.3 Å². The van der Waals surface area contributed by atoms with Crippen LogP contribution in [-0.4, -0.2) is 15.9 Å². The Bertz CT molecular complexity index is 958. The molecule has 2 N–H and O–H groups in total. The Morgan fingerprint density at radius 2 is 1.73 bits per heavy atom. The van der Waals surface area contributed by atoms with E-state index in [1.54, 1.807) is 0 Å². The van der Waals surface area contributed by atoms with Crippen molar-refractivity contribution in [1.29, 1.82) is 0 Å². The molecule has 0 spiro atoms. The maximum atomic E-state index is 13.6. The number of amides is 1. The molecule has 1 amide bonds. The molecule has 2 aromatic carbocycles. The molecule has 0 fully saturated rings. The Kier molecular flexibility index (Phi) is 4.88. The largest absolute Gasteiger partial charge is 0.322 e. The van der Waals surface area contributed by atoms with Crippen LogP contribution in [0.5, 0.6) is 0 Å². The second-order valence-corrected chi connectivity index (χ2v) is 5.75. The quantitative estimate of drug-likeness (QED) is 0.730. The van der Waals surface area contributed by atoms with Crippen molar-refractivity contribution in [2.75, 3.05) is 10.6 Å². The molecule has 3 rings (SSSR count). The van der Waals surface area contributed by atoms with Gasteiger partial charge in [-0.25, -0.2) is 18.7 Å². The number of aromatic nitrogens is 2. The van der Waals surface area contributed by atoms with Gasteiger partial charge in [-0.2, -0.15) is 0 Å². The zero-order valence-corrected chi connectivity index (χ0v) is 14.2.